The van der Waals surface area contributed by atoms with Crippen LogP contribution in [0.3, 0.4) is 0 Å². The topological polar surface area (TPSA) is 58.2 Å². The molecule has 2 amide bonds. The van der Waals surface area contributed by atoms with E-state index in [-0.39, 0.29) is 17.2 Å². The number of benzene rings is 1. The fourth-order valence-electron chi connectivity index (χ4n) is 1.82. The summed E-state index contributed by atoms with van der Waals surface area (Å²) in [6.07, 6.45) is 1.04. The zero-order chi connectivity index (χ0) is 16.0. The average molecular weight is 290 g/mol. The SMILES string of the molecule is Cc1cccc(NC(=O)CCCNC(=O)C(C)(C)C)c1C. The van der Waals surface area contributed by atoms with Crippen molar-refractivity contribution in [3.63, 3.8) is 0 Å². The average Bonchev–Trinajstić information content (AvgIpc) is 2.38. The molecule has 0 saturated heterocycles. The Morgan fingerprint density at radius 3 is 2.43 bits per heavy atom. The molecule has 2 N–H and O–H groups in total. The first-order chi connectivity index (χ1) is 9.71. The third-order valence-electron chi connectivity index (χ3n) is 3.43. The first kappa shape index (κ1) is 17.2. The summed E-state index contributed by atoms with van der Waals surface area (Å²) >= 11 is 0. The highest BCUT2D eigenvalue weighted by molar-refractivity contribution is 5.91. The minimum Gasteiger partial charge on any atom is -0.356 e. The van der Waals surface area contributed by atoms with Crippen LogP contribution in [0.2, 0.25) is 0 Å². The molecular formula is C17H26N2O2. The van der Waals surface area contributed by atoms with Crippen molar-refractivity contribution in [3.05, 3.63) is 29.3 Å². The number of rotatable bonds is 5. The van der Waals surface area contributed by atoms with E-state index in [1.54, 1.807) is 0 Å². The zero-order valence-corrected chi connectivity index (χ0v) is 13.7. The first-order valence-electron chi connectivity index (χ1n) is 7.36. The molecule has 0 aromatic heterocycles. The van der Waals surface area contributed by atoms with Crippen LogP contribution >= 0.6 is 0 Å². The number of aryl methyl sites for hydroxylation is 1. The Bertz CT molecular complexity index is 516. The maximum atomic E-state index is 11.9. The molecule has 21 heavy (non-hydrogen) atoms. The highest BCUT2D eigenvalue weighted by Gasteiger charge is 2.20. The predicted octanol–water partition coefficient (Wildman–Crippen LogP) is 3.18. The van der Waals surface area contributed by atoms with Gasteiger partial charge in [0, 0.05) is 24.1 Å². The summed E-state index contributed by atoms with van der Waals surface area (Å²) < 4.78 is 0. The molecule has 0 radical (unpaired) electrons. The smallest absolute Gasteiger partial charge is 0.225 e. The molecule has 0 atom stereocenters. The minimum absolute atomic E-state index is 0.0115. The zero-order valence-electron chi connectivity index (χ0n) is 13.7. The molecule has 0 aliphatic heterocycles. The van der Waals surface area contributed by atoms with Crippen molar-refractivity contribution >= 4 is 17.5 Å². The predicted molar refractivity (Wildman–Crippen MR) is 86.2 cm³/mol. The molecule has 116 valence electrons. The van der Waals surface area contributed by atoms with Crippen LogP contribution in [0.15, 0.2) is 18.2 Å². The number of hydrogen-bond donors (Lipinski definition) is 2. The fraction of sp³-hybridized carbons (Fsp3) is 0.529. The van der Waals surface area contributed by atoms with Crippen molar-refractivity contribution in [1.82, 2.24) is 5.32 Å². The summed E-state index contributed by atoms with van der Waals surface area (Å²) in [5.41, 5.74) is 2.72. The number of nitrogens with one attached hydrogen (secondary N) is 2. The van der Waals surface area contributed by atoms with E-state index in [0.29, 0.717) is 19.4 Å². The monoisotopic (exact) mass is 290 g/mol. The minimum atomic E-state index is -0.388. The van der Waals surface area contributed by atoms with E-state index in [4.69, 9.17) is 0 Å². The largest absolute Gasteiger partial charge is 0.356 e. The molecule has 4 nitrogen and oxygen atoms in total. The Morgan fingerprint density at radius 2 is 1.81 bits per heavy atom. The Kier molecular flexibility index (Phi) is 5.94. The number of carbonyl (C=O) groups is 2. The molecule has 0 aliphatic rings. The summed E-state index contributed by atoms with van der Waals surface area (Å²) in [6.45, 7) is 10.2. The van der Waals surface area contributed by atoms with Gasteiger partial charge in [0.2, 0.25) is 11.8 Å². The van der Waals surface area contributed by atoms with E-state index in [1.165, 1.54) is 0 Å². The molecule has 4 heteroatoms. The lowest BCUT2D eigenvalue weighted by Crippen LogP contribution is -2.35. The fourth-order valence-corrected chi connectivity index (χ4v) is 1.82. The van der Waals surface area contributed by atoms with Gasteiger partial charge >= 0.3 is 0 Å². The highest BCUT2D eigenvalue weighted by Crippen LogP contribution is 2.18. The van der Waals surface area contributed by atoms with E-state index < -0.39 is 0 Å². The Morgan fingerprint density at radius 1 is 1.14 bits per heavy atom. The molecular weight excluding hydrogens is 264 g/mol. The van der Waals surface area contributed by atoms with Gasteiger partial charge in [0.25, 0.3) is 0 Å². The van der Waals surface area contributed by atoms with Gasteiger partial charge in [-0.1, -0.05) is 32.9 Å². The van der Waals surface area contributed by atoms with Crippen LogP contribution in [0, 0.1) is 19.3 Å². The van der Waals surface area contributed by atoms with Gasteiger partial charge in [-0.15, -0.1) is 0 Å². The first-order valence-corrected chi connectivity index (χ1v) is 7.36. The molecule has 1 aromatic carbocycles. The summed E-state index contributed by atoms with van der Waals surface area (Å²) in [4.78, 5) is 23.6. The summed E-state index contributed by atoms with van der Waals surface area (Å²) in [6, 6.07) is 5.86. The van der Waals surface area contributed by atoms with Gasteiger partial charge in [-0.05, 0) is 37.5 Å². The Labute approximate surface area is 127 Å². The van der Waals surface area contributed by atoms with Crippen LogP contribution in [-0.2, 0) is 9.59 Å². The van der Waals surface area contributed by atoms with Crippen LogP contribution < -0.4 is 10.6 Å². The number of hydrogen-bond acceptors (Lipinski definition) is 2. The lowest BCUT2D eigenvalue weighted by atomic mass is 9.96. The van der Waals surface area contributed by atoms with Crippen LogP contribution in [0.5, 0.6) is 0 Å². The van der Waals surface area contributed by atoms with E-state index in [1.807, 2.05) is 52.8 Å². The molecule has 0 aliphatic carbocycles. The van der Waals surface area contributed by atoms with E-state index in [0.717, 1.165) is 16.8 Å². The van der Waals surface area contributed by atoms with Crippen LogP contribution in [0.1, 0.15) is 44.7 Å². The third kappa shape index (κ3) is 5.58. The van der Waals surface area contributed by atoms with Crippen molar-refractivity contribution in [2.24, 2.45) is 5.41 Å². The van der Waals surface area contributed by atoms with Crippen molar-refractivity contribution in [2.45, 2.75) is 47.5 Å². The number of anilines is 1. The lowest BCUT2D eigenvalue weighted by molar-refractivity contribution is -0.128. The van der Waals surface area contributed by atoms with Gasteiger partial charge < -0.3 is 10.6 Å². The molecule has 1 aromatic rings. The maximum Gasteiger partial charge on any atom is 0.225 e. The van der Waals surface area contributed by atoms with Gasteiger partial charge in [0.05, 0.1) is 0 Å². The van der Waals surface area contributed by atoms with Gasteiger partial charge in [0.1, 0.15) is 0 Å². The van der Waals surface area contributed by atoms with Gasteiger partial charge in [-0.3, -0.25) is 9.59 Å². The van der Waals surface area contributed by atoms with Crippen molar-refractivity contribution in [3.8, 4) is 0 Å². The van der Waals surface area contributed by atoms with Gasteiger partial charge in [-0.25, -0.2) is 0 Å². The molecule has 0 spiro atoms. The van der Waals surface area contributed by atoms with E-state index in [2.05, 4.69) is 10.6 Å². The van der Waals surface area contributed by atoms with E-state index >= 15 is 0 Å². The van der Waals surface area contributed by atoms with Crippen LogP contribution in [0.4, 0.5) is 5.69 Å². The summed E-state index contributed by atoms with van der Waals surface area (Å²) in [7, 11) is 0. The Balaban J connectivity index is 2.35. The van der Waals surface area contributed by atoms with Gasteiger partial charge in [0.15, 0.2) is 0 Å². The van der Waals surface area contributed by atoms with Crippen LogP contribution in [-0.4, -0.2) is 18.4 Å². The number of amides is 2. The molecule has 0 saturated carbocycles. The standard InChI is InChI=1S/C17H26N2O2/c1-12-8-6-9-14(13(12)2)19-15(20)10-7-11-18-16(21)17(3,4)5/h6,8-9H,7,10-11H2,1-5H3,(H,18,21)(H,19,20). The van der Waals surface area contributed by atoms with Crippen molar-refractivity contribution in [1.29, 1.82) is 0 Å². The normalized spacial score (nSPS) is 11.1. The third-order valence-corrected chi connectivity index (χ3v) is 3.43. The molecule has 0 unspecified atom stereocenters. The highest BCUT2D eigenvalue weighted by atomic mass is 16.2. The second-order valence-electron chi connectivity index (χ2n) is 6.41. The summed E-state index contributed by atoms with van der Waals surface area (Å²) in [5, 5.41) is 5.76. The molecule has 0 bridgehead atoms. The van der Waals surface area contributed by atoms with Gasteiger partial charge in [-0.2, -0.15) is 0 Å². The molecule has 0 fully saturated rings. The summed E-state index contributed by atoms with van der Waals surface area (Å²) in [5.74, 6) is -0.00820. The lowest BCUT2D eigenvalue weighted by Gasteiger charge is -2.17. The van der Waals surface area contributed by atoms with E-state index in [9.17, 15) is 9.59 Å². The Hall–Kier alpha value is -1.84. The van der Waals surface area contributed by atoms with Crippen molar-refractivity contribution in [2.75, 3.05) is 11.9 Å². The van der Waals surface area contributed by atoms with Crippen molar-refractivity contribution < 1.29 is 9.59 Å². The maximum absolute atomic E-state index is 11.9. The molecule has 1 rings (SSSR count). The quantitative estimate of drug-likeness (QED) is 0.818. The van der Waals surface area contributed by atoms with Crippen LogP contribution in [0.25, 0.3) is 0 Å². The molecule has 0 heterocycles. The second-order valence-corrected chi connectivity index (χ2v) is 6.41. The number of carbonyl (C=O) groups excluding carboxylic acids is 2. The second kappa shape index (κ2) is 7.25.